The minimum Gasteiger partial charge on any atom is -0.388 e. The average Bonchev–Trinajstić information content (AvgIpc) is 2.80. The first-order valence-corrected chi connectivity index (χ1v) is 10.6. The fourth-order valence-corrected chi connectivity index (χ4v) is 3.66. The number of aromatic nitrogens is 3. The molecule has 152 valence electrons. The third-order valence-electron chi connectivity index (χ3n) is 4.38. The van der Waals surface area contributed by atoms with Crippen LogP contribution in [0.4, 0.5) is 5.69 Å². The maximum Gasteiger partial charge on any atom is 0.150 e. The van der Waals surface area contributed by atoms with Crippen molar-refractivity contribution in [3.05, 3.63) is 90.0 Å². The Morgan fingerprint density at radius 1 is 1.07 bits per heavy atom. The van der Waals surface area contributed by atoms with Crippen LogP contribution < -0.4 is 5.32 Å². The molecule has 5 nitrogen and oxygen atoms in total. The molecule has 0 atom stereocenters. The Kier molecular flexibility index (Phi) is 7.92. The van der Waals surface area contributed by atoms with Gasteiger partial charge in [-0.05, 0) is 49.2 Å². The lowest BCUT2D eigenvalue weighted by atomic mass is 10.1. The van der Waals surface area contributed by atoms with Crippen LogP contribution in [0.5, 0.6) is 0 Å². The summed E-state index contributed by atoms with van der Waals surface area (Å²) in [4.78, 5) is 23.2. The molecule has 4 aromatic rings. The lowest BCUT2D eigenvalue weighted by Gasteiger charge is -2.02. The number of rotatable bonds is 6. The maximum absolute atomic E-state index is 10.6. The van der Waals surface area contributed by atoms with Crippen molar-refractivity contribution in [2.75, 3.05) is 18.1 Å². The van der Waals surface area contributed by atoms with Crippen LogP contribution in [0.15, 0.2) is 78.2 Å². The Morgan fingerprint density at radius 3 is 2.73 bits per heavy atom. The molecule has 1 N–H and O–H groups in total. The molecular weight excluding hydrogens is 392 g/mol. The lowest BCUT2D eigenvalue weighted by molar-refractivity contribution is 0.112. The van der Waals surface area contributed by atoms with Gasteiger partial charge in [-0.3, -0.25) is 14.8 Å². The Morgan fingerprint density at radius 2 is 1.97 bits per heavy atom. The van der Waals surface area contributed by atoms with Crippen molar-refractivity contribution >= 4 is 34.6 Å². The highest BCUT2D eigenvalue weighted by atomic mass is 32.2. The number of pyridine rings is 1. The number of hydrogen-bond acceptors (Lipinski definition) is 6. The summed E-state index contributed by atoms with van der Waals surface area (Å²) in [6, 6.07) is 18.0. The Labute approximate surface area is 181 Å². The number of benzene rings is 2. The number of fused-ring (bicyclic) bond motifs is 1. The minimum absolute atomic E-state index is 0.729. The van der Waals surface area contributed by atoms with Crippen LogP contribution >= 0.6 is 11.8 Å². The van der Waals surface area contributed by atoms with Crippen molar-refractivity contribution in [1.29, 1.82) is 0 Å². The predicted molar refractivity (Wildman–Crippen MR) is 124 cm³/mol. The van der Waals surface area contributed by atoms with Crippen molar-refractivity contribution in [1.82, 2.24) is 15.0 Å². The molecule has 0 aliphatic carbocycles. The molecule has 0 amide bonds. The summed E-state index contributed by atoms with van der Waals surface area (Å²) in [6.45, 7) is 2.01. The van der Waals surface area contributed by atoms with Crippen LogP contribution in [0.3, 0.4) is 0 Å². The number of hydrogen-bond donors (Lipinski definition) is 1. The van der Waals surface area contributed by atoms with Gasteiger partial charge in [-0.2, -0.15) is 0 Å². The van der Waals surface area contributed by atoms with Crippen LogP contribution in [0.25, 0.3) is 10.9 Å². The van der Waals surface area contributed by atoms with Crippen LogP contribution in [-0.4, -0.2) is 34.0 Å². The van der Waals surface area contributed by atoms with E-state index in [4.69, 9.17) is 0 Å². The van der Waals surface area contributed by atoms with Crippen molar-refractivity contribution < 1.29 is 4.79 Å². The molecule has 30 heavy (non-hydrogen) atoms. The SMILES string of the molecule is CNc1ccc2nc(C)ccc2c1.O=Cc1cccc(CCSc2cnccn2)c1. The van der Waals surface area contributed by atoms with Gasteiger partial charge in [0.2, 0.25) is 0 Å². The molecule has 2 heterocycles. The number of thioether (sulfide) groups is 1. The number of aryl methyl sites for hydroxylation is 2. The fraction of sp³-hybridized carbons (Fsp3) is 0.167. The summed E-state index contributed by atoms with van der Waals surface area (Å²) in [5, 5.41) is 5.21. The summed E-state index contributed by atoms with van der Waals surface area (Å²) in [7, 11) is 1.92. The average molecular weight is 417 g/mol. The van der Waals surface area contributed by atoms with E-state index < -0.39 is 0 Å². The van der Waals surface area contributed by atoms with E-state index in [1.165, 1.54) is 10.9 Å². The van der Waals surface area contributed by atoms with Crippen LogP contribution in [0.1, 0.15) is 21.6 Å². The highest BCUT2D eigenvalue weighted by Gasteiger charge is 1.98. The summed E-state index contributed by atoms with van der Waals surface area (Å²) in [5.74, 6) is 0.932. The molecule has 2 aromatic carbocycles. The van der Waals surface area contributed by atoms with Gasteiger partial charge in [0.15, 0.2) is 0 Å². The lowest BCUT2D eigenvalue weighted by Crippen LogP contribution is -1.91. The molecular formula is C24H24N4OS. The van der Waals surface area contributed by atoms with Gasteiger partial charge in [0, 0.05) is 47.5 Å². The number of nitrogens with one attached hydrogen (secondary N) is 1. The predicted octanol–water partition coefficient (Wildman–Crippen LogP) is 5.21. The van der Waals surface area contributed by atoms with Gasteiger partial charge in [0.05, 0.1) is 11.7 Å². The van der Waals surface area contributed by atoms with Crippen molar-refractivity contribution in [3.8, 4) is 0 Å². The van der Waals surface area contributed by atoms with E-state index in [0.29, 0.717) is 0 Å². The molecule has 4 rings (SSSR count). The second-order valence-electron chi connectivity index (χ2n) is 6.62. The van der Waals surface area contributed by atoms with E-state index in [0.717, 1.165) is 45.9 Å². The van der Waals surface area contributed by atoms with Gasteiger partial charge < -0.3 is 5.32 Å². The van der Waals surface area contributed by atoms with Gasteiger partial charge in [-0.1, -0.05) is 24.3 Å². The molecule has 0 unspecified atom stereocenters. The number of carbonyl (C=O) groups excluding carboxylic acids is 1. The topological polar surface area (TPSA) is 67.8 Å². The zero-order chi connectivity index (χ0) is 21.2. The first-order valence-electron chi connectivity index (χ1n) is 9.66. The van der Waals surface area contributed by atoms with Gasteiger partial charge in [-0.15, -0.1) is 11.8 Å². The smallest absolute Gasteiger partial charge is 0.150 e. The monoisotopic (exact) mass is 416 g/mol. The third kappa shape index (κ3) is 6.39. The van der Waals surface area contributed by atoms with Crippen molar-refractivity contribution in [2.24, 2.45) is 0 Å². The zero-order valence-corrected chi connectivity index (χ0v) is 17.9. The number of anilines is 1. The molecule has 0 fully saturated rings. The van der Waals surface area contributed by atoms with Crippen molar-refractivity contribution in [3.63, 3.8) is 0 Å². The number of carbonyl (C=O) groups is 1. The van der Waals surface area contributed by atoms with E-state index in [9.17, 15) is 4.79 Å². The molecule has 0 saturated carbocycles. The van der Waals surface area contributed by atoms with E-state index in [2.05, 4.69) is 32.4 Å². The summed E-state index contributed by atoms with van der Waals surface area (Å²) >= 11 is 1.67. The molecule has 0 aliphatic heterocycles. The first kappa shape index (κ1) is 21.5. The quantitative estimate of drug-likeness (QED) is 0.344. The molecule has 0 radical (unpaired) electrons. The van der Waals surface area contributed by atoms with Gasteiger partial charge >= 0.3 is 0 Å². The number of aldehydes is 1. The highest BCUT2D eigenvalue weighted by molar-refractivity contribution is 7.99. The van der Waals surface area contributed by atoms with Crippen LogP contribution in [-0.2, 0) is 6.42 Å². The van der Waals surface area contributed by atoms with E-state index in [1.807, 2.05) is 56.4 Å². The molecule has 0 saturated heterocycles. The minimum atomic E-state index is 0.729. The third-order valence-corrected chi connectivity index (χ3v) is 5.30. The van der Waals surface area contributed by atoms with Gasteiger partial charge in [0.1, 0.15) is 11.3 Å². The molecule has 6 heteroatoms. The molecule has 0 spiro atoms. The highest BCUT2D eigenvalue weighted by Crippen LogP contribution is 2.17. The van der Waals surface area contributed by atoms with Gasteiger partial charge in [0.25, 0.3) is 0 Å². The van der Waals surface area contributed by atoms with Crippen LogP contribution in [0, 0.1) is 6.92 Å². The molecule has 0 bridgehead atoms. The normalized spacial score (nSPS) is 10.2. The summed E-state index contributed by atoms with van der Waals surface area (Å²) in [5.41, 5.74) is 5.14. The molecule has 2 aromatic heterocycles. The summed E-state index contributed by atoms with van der Waals surface area (Å²) < 4.78 is 0. The van der Waals surface area contributed by atoms with Crippen LogP contribution in [0.2, 0.25) is 0 Å². The molecule has 0 aliphatic rings. The standard InChI is InChI=1S/C13H12N2OS.C11H12N2/c16-10-12-3-1-2-11(8-12)4-7-17-13-9-14-5-6-15-13;1-8-3-4-9-7-10(12-2)5-6-11(9)13-8/h1-3,5-6,8-10H,4,7H2;3-7,12H,1-2H3. The second-order valence-corrected chi connectivity index (χ2v) is 7.73. The number of nitrogens with zero attached hydrogens (tertiary/aromatic N) is 3. The van der Waals surface area contributed by atoms with E-state index in [1.54, 1.807) is 30.4 Å². The maximum atomic E-state index is 10.6. The van der Waals surface area contributed by atoms with E-state index >= 15 is 0 Å². The van der Waals surface area contributed by atoms with Crippen molar-refractivity contribution in [2.45, 2.75) is 18.4 Å². The zero-order valence-electron chi connectivity index (χ0n) is 17.1. The first-order chi connectivity index (χ1) is 14.7. The Balaban J connectivity index is 0.000000177. The Bertz CT molecular complexity index is 1100. The largest absolute Gasteiger partial charge is 0.388 e. The Hall–Kier alpha value is -3.25. The van der Waals surface area contributed by atoms with Gasteiger partial charge in [-0.25, -0.2) is 4.98 Å². The fourth-order valence-electron chi connectivity index (χ4n) is 2.84. The second kappa shape index (κ2) is 11.1. The summed E-state index contributed by atoms with van der Waals surface area (Å²) in [6.07, 6.45) is 6.90. The van der Waals surface area contributed by atoms with E-state index in [-0.39, 0.29) is 0 Å².